The molecule has 0 aromatic rings. The number of nitrogens with zero attached hydrogens (tertiary/aromatic N) is 1. The Morgan fingerprint density at radius 2 is 1.27 bits per heavy atom. The van der Waals surface area contributed by atoms with Crippen LogP contribution in [0.25, 0.3) is 0 Å². The molecule has 1 heterocycles. The molecule has 2 aliphatic carbocycles. The van der Waals surface area contributed by atoms with Gasteiger partial charge in [-0.3, -0.25) is 14.5 Å². The minimum absolute atomic E-state index is 0.0901. The molecular weight excluding hydrogens is 282 g/mol. The highest BCUT2D eigenvalue weighted by molar-refractivity contribution is 5.94. The van der Waals surface area contributed by atoms with Crippen LogP contribution in [0.2, 0.25) is 0 Å². The van der Waals surface area contributed by atoms with Gasteiger partial charge in [0.15, 0.2) is 0 Å². The van der Waals surface area contributed by atoms with E-state index in [1.807, 2.05) is 34.6 Å². The van der Waals surface area contributed by atoms with E-state index in [4.69, 9.17) is 4.74 Å². The number of carbonyl (C=O) groups excluding carboxylic acids is 3. The number of ether oxygens (including phenoxy) is 1. The zero-order valence-corrected chi connectivity index (χ0v) is 14.4. The summed E-state index contributed by atoms with van der Waals surface area (Å²) < 4.78 is 5.53. The highest BCUT2D eigenvalue weighted by Crippen LogP contribution is 2.79. The fourth-order valence-electron chi connectivity index (χ4n) is 4.71. The molecule has 1 amide bonds. The van der Waals surface area contributed by atoms with Crippen molar-refractivity contribution in [2.75, 3.05) is 0 Å². The third-order valence-corrected chi connectivity index (χ3v) is 6.18. The van der Waals surface area contributed by atoms with Crippen LogP contribution in [-0.4, -0.2) is 40.2 Å². The molecule has 2 saturated carbocycles. The molecule has 6 atom stereocenters. The number of hydrogen-bond donors (Lipinski definition) is 0. The van der Waals surface area contributed by atoms with Crippen LogP contribution in [-0.2, 0) is 14.3 Å². The molecule has 0 aromatic heterocycles. The first-order valence-electron chi connectivity index (χ1n) is 7.92. The van der Waals surface area contributed by atoms with Gasteiger partial charge in [-0.05, 0) is 34.6 Å². The van der Waals surface area contributed by atoms with Crippen LogP contribution in [0.3, 0.4) is 0 Å². The second-order valence-electron chi connectivity index (χ2n) is 8.51. The summed E-state index contributed by atoms with van der Waals surface area (Å²) in [6.07, 6.45) is -0.398. The fourth-order valence-corrected chi connectivity index (χ4v) is 4.71. The average molecular weight is 307 g/mol. The highest BCUT2D eigenvalue weighted by Gasteiger charge is 2.89. The first kappa shape index (κ1) is 15.5. The van der Waals surface area contributed by atoms with E-state index in [1.165, 1.54) is 0 Å². The quantitative estimate of drug-likeness (QED) is 0.786. The van der Waals surface area contributed by atoms with Crippen molar-refractivity contribution in [1.29, 1.82) is 0 Å². The Kier molecular flexibility index (Phi) is 2.76. The van der Waals surface area contributed by atoms with Crippen LogP contribution in [0.4, 0.5) is 4.79 Å². The lowest BCUT2D eigenvalue weighted by molar-refractivity contribution is -0.123. The van der Waals surface area contributed by atoms with E-state index in [0.717, 1.165) is 0 Å². The van der Waals surface area contributed by atoms with Gasteiger partial charge < -0.3 is 4.74 Å². The summed E-state index contributed by atoms with van der Waals surface area (Å²) in [5.41, 5.74) is -1.63. The topological polar surface area (TPSA) is 63.7 Å². The molecule has 1 aliphatic heterocycles. The lowest BCUT2D eigenvalue weighted by Gasteiger charge is -2.29. The molecule has 3 aliphatic rings. The van der Waals surface area contributed by atoms with E-state index in [1.54, 1.807) is 18.7 Å². The largest absolute Gasteiger partial charge is 0.444 e. The number of amides is 1. The third kappa shape index (κ3) is 1.62. The lowest BCUT2D eigenvalue weighted by atomic mass is 9.94. The predicted molar refractivity (Wildman–Crippen MR) is 80.2 cm³/mol. The number of carbonyl (C=O) groups is 3. The molecule has 0 N–H and O–H groups in total. The first-order chi connectivity index (χ1) is 9.88. The highest BCUT2D eigenvalue weighted by atomic mass is 16.6. The summed E-state index contributed by atoms with van der Waals surface area (Å²) >= 11 is 0. The number of likely N-dealkylation sites (tertiary alicyclic amines) is 1. The van der Waals surface area contributed by atoms with E-state index in [9.17, 15) is 14.4 Å². The number of rotatable bonds is 2. The molecule has 5 heteroatoms. The van der Waals surface area contributed by atoms with Gasteiger partial charge in [0.25, 0.3) is 0 Å². The molecule has 0 radical (unpaired) electrons. The summed E-state index contributed by atoms with van der Waals surface area (Å²) in [6, 6.07) is -0.218. The summed E-state index contributed by atoms with van der Waals surface area (Å²) in [6.45, 7) is 12.5. The lowest BCUT2D eigenvalue weighted by Crippen LogP contribution is -2.44. The van der Waals surface area contributed by atoms with Gasteiger partial charge in [0.2, 0.25) is 0 Å². The monoisotopic (exact) mass is 307 g/mol. The fraction of sp³-hybridized carbons (Fsp3) is 0.824. The first-order valence-corrected chi connectivity index (χ1v) is 7.92. The molecule has 0 aromatic carbocycles. The summed E-state index contributed by atoms with van der Waals surface area (Å²) in [4.78, 5) is 38.5. The Morgan fingerprint density at radius 3 is 1.55 bits per heavy atom. The van der Waals surface area contributed by atoms with Crippen molar-refractivity contribution in [2.24, 2.45) is 22.7 Å². The predicted octanol–water partition coefficient (Wildman–Crippen LogP) is 2.42. The summed E-state index contributed by atoms with van der Waals surface area (Å²) in [5, 5.41) is 0. The molecule has 122 valence electrons. The number of ketones is 2. The zero-order chi connectivity index (χ0) is 16.8. The van der Waals surface area contributed by atoms with E-state index in [0.29, 0.717) is 0 Å². The van der Waals surface area contributed by atoms with E-state index in [-0.39, 0.29) is 35.5 Å². The van der Waals surface area contributed by atoms with Gasteiger partial charge >= 0.3 is 6.09 Å². The van der Waals surface area contributed by atoms with Crippen molar-refractivity contribution in [3.8, 4) is 0 Å². The van der Waals surface area contributed by atoms with Crippen LogP contribution in [0.5, 0.6) is 0 Å². The normalized spacial score (nSPS) is 45.0. The van der Waals surface area contributed by atoms with Gasteiger partial charge in [-0.1, -0.05) is 13.8 Å². The molecule has 22 heavy (non-hydrogen) atoms. The Hall–Kier alpha value is -1.39. The molecule has 0 spiro atoms. The van der Waals surface area contributed by atoms with Crippen molar-refractivity contribution >= 4 is 17.7 Å². The minimum Gasteiger partial charge on any atom is -0.444 e. The third-order valence-electron chi connectivity index (χ3n) is 6.18. The maximum atomic E-state index is 12.6. The maximum absolute atomic E-state index is 12.6. The molecular formula is C17H25NO4. The van der Waals surface area contributed by atoms with Gasteiger partial charge in [0.05, 0.1) is 22.9 Å². The second-order valence-corrected chi connectivity index (χ2v) is 8.51. The Labute approximate surface area is 131 Å². The molecule has 1 saturated heterocycles. The van der Waals surface area contributed by atoms with Gasteiger partial charge in [0, 0.05) is 11.8 Å². The Morgan fingerprint density at radius 1 is 0.909 bits per heavy atom. The SMILES string of the molecule is CC(=O)[C@]1(C)[C@H]2[C@H]3[C@@H](N(C(=O)OC(C)(C)C)[C@H]21)[C@]3(C)C(C)=O. The van der Waals surface area contributed by atoms with E-state index in [2.05, 4.69) is 0 Å². The van der Waals surface area contributed by atoms with Gasteiger partial charge in [0.1, 0.15) is 17.2 Å². The summed E-state index contributed by atoms with van der Waals surface area (Å²) in [7, 11) is 0. The van der Waals surface area contributed by atoms with Crippen molar-refractivity contribution in [3.63, 3.8) is 0 Å². The van der Waals surface area contributed by atoms with Gasteiger partial charge in [-0.25, -0.2) is 4.79 Å². The van der Waals surface area contributed by atoms with Gasteiger partial charge in [-0.2, -0.15) is 0 Å². The van der Waals surface area contributed by atoms with Crippen molar-refractivity contribution in [3.05, 3.63) is 0 Å². The van der Waals surface area contributed by atoms with Crippen LogP contribution < -0.4 is 0 Å². The smallest absolute Gasteiger partial charge is 0.410 e. The van der Waals surface area contributed by atoms with Gasteiger partial charge in [-0.15, -0.1) is 0 Å². The zero-order valence-electron chi connectivity index (χ0n) is 14.4. The van der Waals surface area contributed by atoms with Crippen LogP contribution in [0, 0.1) is 22.7 Å². The van der Waals surface area contributed by atoms with Crippen molar-refractivity contribution < 1.29 is 19.1 Å². The van der Waals surface area contributed by atoms with Crippen LogP contribution in [0.15, 0.2) is 0 Å². The van der Waals surface area contributed by atoms with Crippen molar-refractivity contribution in [1.82, 2.24) is 4.90 Å². The number of fused-ring (bicyclic) bond motifs is 3. The Balaban J connectivity index is 1.94. The standard InChI is InChI=1S/C17H25NO4/c1-8(19)16(6)10-11-13(17(11,7)9(2)20)18(12(10)16)14(21)22-15(3,4)5/h10-13H,1-7H3/t10-,11-,12+,13+,16+,17+/m0/s1. The van der Waals surface area contributed by atoms with Crippen molar-refractivity contribution in [2.45, 2.75) is 66.2 Å². The van der Waals surface area contributed by atoms with Crippen LogP contribution >= 0.6 is 0 Å². The number of hydrogen-bond acceptors (Lipinski definition) is 4. The minimum atomic E-state index is -0.590. The van der Waals surface area contributed by atoms with Crippen LogP contribution in [0.1, 0.15) is 48.5 Å². The molecule has 0 bridgehead atoms. The molecule has 0 unspecified atom stereocenters. The summed E-state index contributed by atoms with van der Waals surface area (Å²) in [5.74, 6) is 0.368. The second kappa shape index (κ2) is 3.92. The van der Waals surface area contributed by atoms with E-state index < -0.39 is 22.5 Å². The molecule has 5 nitrogen and oxygen atoms in total. The Bertz CT molecular complexity index is 554. The molecule has 3 fully saturated rings. The number of Topliss-reactive ketones (excluding diaryl/α,β-unsaturated/α-hetero) is 2. The number of piperidine rings is 2. The average Bonchev–Trinajstić information content (AvgIpc) is 3.07. The maximum Gasteiger partial charge on any atom is 0.410 e. The van der Waals surface area contributed by atoms with E-state index >= 15 is 0 Å². The molecule has 3 rings (SSSR count).